The molecule has 1 aromatic heterocycles. The van der Waals surface area contributed by atoms with Crippen LogP contribution in [0.15, 0.2) is 131 Å². The topological polar surface area (TPSA) is 54.3 Å². The predicted octanol–water partition coefficient (Wildman–Crippen LogP) is 7.41. The normalized spacial score (nSPS) is 14.5. The minimum Gasteiger partial charge on any atom is -0.309 e. The maximum atomic E-state index is 13.8. The van der Waals surface area contributed by atoms with Gasteiger partial charge in [-0.2, -0.15) is 0 Å². The molecule has 1 aliphatic heterocycles. The lowest BCUT2D eigenvalue weighted by molar-refractivity contribution is -0.122. The molecule has 1 aliphatic rings. The minimum absolute atomic E-state index is 0.00409. The van der Waals surface area contributed by atoms with Crippen molar-refractivity contribution in [2.24, 2.45) is 0 Å². The summed E-state index contributed by atoms with van der Waals surface area (Å²) in [6.45, 7) is 0. The Kier molecular flexibility index (Phi) is 6.99. The molecule has 7 heteroatoms. The lowest BCUT2D eigenvalue weighted by atomic mass is 10.0. The number of amides is 2. The van der Waals surface area contributed by atoms with E-state index >= 15 is 0 Å². The first-order chi connectivity index (χ1) is 19.5. The fraction of sp³-hybridized carbons (Fsp3) is 0. The highest BCUT2D eigenvalue weighted by Gasteiger charge is 2.35. The summed E-state index contributed by atoms with van der Waals surface area (Å²) < 4.78 is 2.96. The summed E-state index contributed by atoms with van der Waals surface area (Å²) in [5.41, 5.74) is 5.99. The number of para-hydroxylation sites is 1. The molecule has 0 spiro atoms. The molecule has 194 valence electrons. The number of carbonyl (C=O) groups is 2. The number of carbonyl (C=O) groups excluding carboxylic acids is 2. The zero-order valence-corrected chi connectivity index (χ0v) is 23.5. The van der Waals surface area contributed by atoms with Crippen molar-refractivity contribution in [3.05, 3.63) is 137 Å². The van der Waals surface area contributed by atoms with Crippen LogP contribution >= 0.6 is 28.1 Å². The first kappa shape index (κ1) is 25.7. The molecule has 0 unspecified atom stereocenters. The number of rotatable bonds is 5. The van der Waals surface area contributed by atoms with Crippen LogP contribution in [0.25, 0.3) is 34.3 Å². The average molecular weight is 605 g/mol. The van der Waals surface area contributed by atoms with E-state index in [1.807, 2.05) is 109 Å². The number of aromatic nitrogens is 1. The van der Waals surface area contributed by atoms with E-state index in [1.54, 1.807) is 18.2 Å². The molecular formula is C33H22BrN3O2S. The zero-order valence-electron chi connectivity index (χ0n) is 21.1. The maximum absolute atomic E-state index is 13.8. The van der Waals surface area contributed by atoms with Gasteiger partial charge in [0.25, 0.3) is 11.8 Å². The second-order valence-electron chi connectivity index (χ2n) is 9.17. The second-order valence-corrected chi connectivity index (χ2v) is 10.5. The van der Waals surface area contributed by atoms with E-state index in [0.29, 0.717) is 5.69 Å². The second kappa shape index (κ2) is 10.9. The number of benzene rings is 4. The van der Waals surface area contributed by atoms with Crippen molar-refractivity contribution in [1.29, 1.82) is 0 Å². The van der Waals surface area contributed by atoms with Crippen molar-refractivity contribution in [3.63, 3.8) is 0 Å². The highest BCUT2D eigenvalue weighted by Crippen LogP contribution is 2.37. The molecular weight excluding hydrogens is 582 g/mol. The summed E-state index contributed by atoms with van der Waals surface area (Å²) in [4.78, 5) is 28.4. The van der Waals surface area contributed by atoms with Crippen LogP contribution in [0, 0.1) is 0 Å². The third-order valence-electron chi connectivity index (χ3n) is 6.63. The third-order valence-corrected chi connectivity index (χ3v) is 7.41. The highest BCUT2D eigenvalue weighted by molar-refractivity contribution is 9.10. The van der Waals surface area contributed by atoms with E-state index in [-0.39, 0.29) is 10.7 Å². The van der Waals surface area contributed by atoms with E-state index in [4.69, 9.17) is 12.2 Å². The summed E-state index contributed by atoms with van der Waals surface area (Å²) in [7, 11) is 0. The molecule has 5 nitrogen and oxygen atoms in total. The van der Waals surface area contributed by atoms with Crippen LogP contribution in [0.3, 0.4) is 0 Å². The number of hydrogen-bond acceptors (Lipinski definition) is 3. The monoisotopic (exact) mass is 603 g/mol. The third kappa shape index (κ3) is 4.81. The number of hydrogen-bond donors (Lipinski definition) is 1. The summed E-state index contributed by atoms with van der Waals surface area (Å²) in [5.74, 6) is -1.02. The van der Waals surface area contributed by atoms with Crippen LogP contribution < -0.4 is 10.2 Å². The summed E-state index contributed by atoms with van der Waals surface area (Å²) in [5, 5.41) is 2.74. The maximum Gasteiger partial charge on any atom is 0.270 e. The van der Waals surface area contributed by atoms with E-state index in [9.17, 15) is 9.59 Å². The van der Waals surface area contributed by atoms with Gasteiger partial charge in [-0.1, -0.05) is 101 Å². The Morgan fingerprint density at radius 1 is 0.700 bits per heavy atom. The van der Waals surface area contributed by atoms with E-state index in [1.165, 1.54) is 4.90 Å². The van der Waals surface area contributed by atoms with Crippen molar-refractivity contribution in [2.75, 3.05) is 4.90 Å². The van der Waals surface area contributed by atoms with Gasteiger partial charge < -0.3 is 4.57 Å². The van der Waals surface area contributed by atoms with Gasteiger partial charge in [-0.3, -0.25) is 19.8 Å². The predicted molar refractivity (Wildman–Crippen MR) is 167 cm³/mol. The minimum atomic E-state index is -0.533. The number of nitrogens with one attached hydrogen (secondary N) is 1. The van der Waals surface area contributed by atoms with E-state index in [2.05, 4.69) is 25.8 Å². The van der Waals surface area contributed by atoms with Crippen molar-refractivity contribution in [3.8, 4) is 28.2 Å². The van der Waals surface area contributed by atoms with Crippen LogP contribution in [0.1, 0.15) is 5.56 Å². The number of nitrogens with zero attached hydrogens (tertiary/aromatic N) is 2. The Balaban J connectivity index is 1.59. The molecule has 1 saturated heterocycles. The van der Waals surface area contributed by atoms with Gasteiger partial charge in [0.05, 0.1) is 17.1 Å². The molecule has 0 saturated carbocycles. The molecule has 0 radical (unpaired) electrons. The van der Waals surface area contributed by atoms with Gasteiger partial charge in [-0.05, 0) is 65.8 Å². The average Bonchev–Trinajstić information content (AvgIpc) is 3.36. The summed E-state index contributed by atoms with van der Waals surface area (Å²) in [6, 6.07) is 39.3. The van der Waals surface area contributed by atoms with Crippen LogP contribution in [0.4, 0.5) is 5.69 Å². The lowest BCUT2D eigenvalue weighted by Gasteiger charge is -2.29. The van der Waals surface area contributed by atoms with E-state index in [0.717, 1.165) is 38.2 Å². The molecule has 0 bridgehead atoms. The van der Waals surface area contributed by atoms with Crippen molar-refractivity contribution >= 4 is 56.8 Å². The van der Waals surface area contributed by atoms with Crippen molar-refractivity contribution in [1.82, 2.24) is 9.88 Å². The van der Waals surface area contributed by atoms with Gasteiger partial charge >= 0.3 is 0 Å². The summed E-state index contributed by atoms with van der Waals surface area (Å²) in [6.07, 6.45) is 1.67. The van der Waals surface area contributed by atoms with Crippen LogP contribution in [0.5, 0.6) is 0 Å². The van der Waals surface area contributed by atoms with Crippen LogP contribution in [-0.4, -0.2) is 21.5 Å². The number of halogens is 1. The lowest BCUT2D eigenvalue weighted by Crippen LogP contribution is -2.54. The molecule has 40 heavy (non-hydrogen) atoms. The quantitative estimate of drug-likeness (QED) is 0.129. The molecule has 6 rings (SSSR count). The molecule has 0 atom stereocenters. The molecule has 1 fully saturated rings. The summed E-state index contributed by atoms with van der Waals surface area (Å²) >= 11 is 8.86. The zero-order chi connectivity index (χ0) is 27.6. The van der Waals surface area contributed by atoms with Gasteiger partial charge in [0, 0.05) is 15.7 Å². The number of anilines is 1. The Hall–Kier alpha value is -4.59. The van der Waals surface area contributed by atoms with Gasteiger partial charge in [0.1, 0.15) is 5.57 Å². The van der Waals surface area contributed by atoms with Crippen molar-refractivity contribution < 1.29 is 9.59 Å². The highest BCUT2D eigenvalue weighted by atomic mass is 79.9. The van der Waals surface area contributed by atoms with Gasteiger partial charge in [-0.15, -0.1) is 0 Å². The first-order valence-electron chi connectivity index (χ1n) is 12.6. The molecule has 4 aromatic carbocycles. The fourth-order valence-electron chi connectivity index (χ4n) is 4.86. The Bertz CT molecular complexity index is 1780. The SMILES string of the molecule is O=C1NC(=S)N(c2cccc(Br)c2)C(=O)/C1=C\c1cc(-c2ccccc2)n(-c2ccccc2)c1-c1ccccc1. The first-order valence-corrected chi connectivity index (χ1v) is 13.8. The standard InChI is InChI=1S/C33H22BrN3O2S/c34-25-15-10-18-27(21-25)37-32(39)28(31(38)35-33(37)40)19-24-20-29(22-11-4-1-5-12-22)36(26-16-8-3-9-17-26)30(24)23-13-6-2-7-14-23/h1-21H,(H,35,38,40)/b28-19-. The van der Waals surface area contributed by atoms with Gasteiger partial charge in [-0.25, -0.2) is 0 Å². The smallest absolute Gasteiger partial charge is 0.270 e. The molecule has 1 N–H and O–H groups in total. The van der Waals surface area contributed by atoms with E-state index < -0.39 is 11.8 Å². The van der Waals surface area contributed by atoms with Gasteiger partial charge in [0.2, 0.25) is 0 Å². The van der Waals surface area contributed by atoms with Crippen molar-refractivity contribution in [2.45, 2.75) is 0 Å². The number of thiocarbonyl (C=S) groups is 1. The molecule has 2 amide bonds. The fourth-order valence-corrected chi connectivity index (χ4v) is 5.53. The molecule has 5 aromatic rings. The van der Waals surface area contributed by atoms with Gasteiger partial charge in [0.15, 0.2) is 5.11 Å². The largest absolute Gasteiger partial charge is 0.309 e. The Morgan fingerprint density at radius 2 is 1.30 bits per heavy atom. The molecule has 0 aliphatic carbocycles. The Morgan fingerprint density at radius 3 is 1.95 bits per heavy atom. The van der Waals surface area contributed by atoms with Crippen LogP contribution in [-0.2, 0) is 9.59 Å². The molecule has 2 heterocycles. The van der Waals surface area contributed by atoms with Crippen LogP contribution in [0.2, 0.25) is 0 Å². The Labute approximate surface area is 245 Å².